The van der Waals surface area contributed by atoms with Gasteiger partial charge in [-0.1, -0.05) is 30.3 Å². The van der Waals surface area contributed by atoms with Crippen molar-refractivity contribution in [2.24, 2.45) is 0 Å². The minimum atomic E-state index is -3.48. The molecule has 1 unspecified atom stereocenters. The smallest absolute Gasteiger partial charge is 0.414 e. The van der Waals surface area contributed by atoms with E-state index >= 15 is 0 Å². The molecule has 0 bridgehead atoms. The van der Waals surface area contributed by atoms with Crippen LogP contribution in [0.5, 0.6) is 0 Å². The van der Waals surface area contributed by atoms with E-state index in [1.807, 2.05) is 30.3 Å². The molecule has 6 nitrogen and oxygen atoms in total. The minimum absolute atomic E-state index is 0.000553. The molecule has 3 rings (SSSR count). The summed E-state index contributed by atoms with van der Waals surface area (Å²) in [6, 6.07) is 14.8. The van der Waals surface area contributed by atoms with Crippen LogP contribution in [0.4, 0.5) is 14.9 Å². The predicted molar refractivity (Wildman–Crippen MR) is 96.0 cm³/mol. The highest BCUT2D eigenvalue weighted by Crippen LogP contribution is 2.21. The number of hydrogen-bond acceptors (Lipinski definition) is 4. The lowest BCUT2D eigenvalue weighted by Gasteiger charge is -2.13. The first-order chi connectivity index (χ1) is 12.4. The second-order valence-electron chi connectivity index (χ2n) is 6.00. The highest BCUT2D eigenvalue weighted by Gasteiger charge is 2.32. The highest BCUT2D eigenvalue weighted by atomic mass is 32.2. The third kappa shape index (κ3) is 4.80. The topological polar surface area (TPSA) is 75.7 Å². The Hall–Kier alpha value is -2.45. The van der Waals surface area contributed by atoms with Gasteiger partial charge in [-0.2, -0.15) is 0 Å². The van der Waals surface area contributed by atoms with Gasteiger partial charge in [0.15, 0.2) is 0 Å². The molecule has 2 aromatic rings. The molecule has 2 aromatic carbocycles. The van der Waals surface area contributed by atoms with Crippen LogP contribution < -0.4 is 9.62 Å². The van der Waals surface area contributed by atoms with Crippen LogP contribution >= 0.6 is 0 Å². The van der Waals surface area contributed by atoms with Crippen molar-refractivity contribution in [1.29, 1.82) is 0 Å². The first-order valence-corrected chi connectivity index (χ1v) is 9.83. The Morgan fingerprint density at radius 1 is 1.12 bits per heavy atom. The van der Waals surface area contributed by atoms with Crippen LogP contribution in [0.25, 0.3) is 0 Å². The third-order valence-electron chi connectivity index (χ3n) is 4.05. The van der Waals surface area contributed by atoms with E-state index in [0.717, 1.165) is 5.56 Å². The van der Waals surface area contributed by atoms with Crippen LogP contribution in [0.15, 0.2) is 54.6 Å². The minimum Gasteiger partial charge on any atom is -0.443 e. The number of nitrogens with zero attached hydrogens (tertiary/aromatic N) is 1. The van der Waals surface area contributed by atoms with Crippen LogP contribution in [-0.4, -0.2) is 39.5 Å². The van der Waals surface area contributed by atoms with Crippen molar-refractivity contribution in [1.82, 2.24) is 4.72 Å². The summed E-state index contributed by atoms with van der Waals surface area (Å²) in [5, 5.41) is 0. The highest BCUT2D eigenvalue weighted by molar-refractivity contribution is 7.89. The molecule has 8 heteroatoms. The molecule has 1 aliphatic rings. The Balaban J connectivity index is 1.51. The van der Waals surface area contributed by atoms with E-state index in [-0.39, 0.29) is 18.8 Å². The van der Waals surface area contributed by atoms with E-state index in [9.17, 15) is 17.6 Å². The molecular weight excluding hydrogens is 359 g/mol. The fourth-order valence-electron chi connectivity index (χ4n) is 2.65. The summed E-state index contributed by atoms with van der Waals surface area (Å²) in [6.45, 7) is 0.201. The lowest BCUT2D eigenvalue weighted by Crippen LogP contribution is -2.36. The number of amides is 1. The van der Waals surface area contributed by atoms with Gasteiger partial charge in [-0.15, -0.1) is 0 Å². The van der Waals surface area contributed by atoms with Gasteiger partial charge >= 0.3 is 6.09 Å². The van der Waals surface area contributed by atoms with E-state index in [1.165, 1.54) is 29.2 Å². The number of cyclic esters (lactones) is 1. The van der Waals surface area contributed by atoms with Crippen molar-refractivity contribution >= 4 is 21.8 Å². The molecule has 1 fully saturated rings. The molecule has 1 N–H and O–H groups in total. The van der Waals surface area contributed by atoms with Gasteiger partial charge in [0.25, 0.3) is 0 Å². The summed E-state index contributed by atoms with van der Waals surface area (Å²) in [6.07, 6.45) is -0.772. The molecule has 138 valence electrons. The van der Waals surface area contributed by atoms with Gasteiger partial charge in [0, 0.05) is 12.2 Å². The average molecular weight is 378 g/mol. The average Bonchev–Trinajstić information content (AvgIpc) is 3.01. The molecule has 0 aliphatic carbocycles. The van der Waals surface area contributed by atoms with E-state index in [4.69, 9.17) is 4.74 Å². The first-order valence-electron chi connectivity index (χ1n) is 8.18. The van der Waals surface area contributed by atoms with E-state index in [1.54, 1.807) is 0 Å². The normalized spacial score (nSPS) is 17.3. The van der Waals surface area contributed by atoms with Gasteiger partial charge in [0.05, 0.1) is 12.3 Å². The molecule has 0 saturated carbocycles. The standard InChI is InChI=1S/C18H19FN2O4S/c19-15-6-8-16(9-7-15)21-13-17(25-18(21)22)12-20-26(23,24)11-10-14-4-2-1-3-5-14/h1-9,17,20H,10-13H2. The van der Waals surface area contributed by atoms with Crippen molar-refractivity contribution in [3.63, 3.8) is 0 Å². The van der Waals surface area contributed by atoms with Gasteiger partial charge in [0.1, 0.15) is 11.9 Å². The maximum atomic E-state index is 13.0. The maximum Gasteiger partial charge on any atom is 0.414 e. The van der Waals surface area contributed by atoms with Crippen LogP contribution in [0.1, 0.15) is 5.56 Å². The fourth-order valence-corrected chi connectivity index (χ4v) is 3.74. The SMILES string of the molecule is O=C1OC(CNS(=O)(=O)CCc2ccccc2)CN1c1ccc(F)cc1. The molecular formula is C18H19FN2O4S. The summed E-state index contributed by atoms with van der Waals surface area (Å²) in [7, 11) is -3.48. The summed E-state index contributed by atoms with van der Waals surface area (Å²) < 4.78 is 44.9. The van der Waals surface area contributed by atoms with Gasteiger partial charge in [0.2, 0.25) is 10.0 Å². The number of nitrogens with one attached hydrogen (secondary N) is 1. The molecule has 1 heterocycles. The van der Waals surface area contributed by atoms with E-state index < -0.39 is 28.0 Å². The summed E-state index contributed by atoms with van der Waals surface area (Å²) in [4.78, 5) is 13.3. The van der Waals surface area contributed by atoms with Crippen LogP contribution in [-0.2, 0) is 21.2 Å². The Labute approximate surface area is 151 Å². The second-order valence-corrected chi connectivity index (χ2v) is 7.92. The number of rotatable bonds is 7. The first kappa shape index (κ1) is 18.3. The number of anilines is 1. The Morgan fingerprint density at radius 2 is 1.81 bits per heavy atom. The van der Waals surface area contributed by atoms with E-state index in [0.29, 0.717) is 12.1 Å². The van der Waals surface area contributed by atoms with Crippen molar-refractivity contribution in [2.45, 2.75) is 12.5 Å². The molecule has 0 aromatic heterocycles. The molecule has 0 spiro atoms. The number of halogens is 1. The maximum absolute atomic E-state index is 13.0. The van der Waals surface area contributed by atoms with Crippen LogP contribution in [0.3, 0.4) is 0 Å². The van der Waals surface area contributed by atoms with Crippen molar-refractivity contribution in [3.8, 4) is 0 Å². The van der Waals surface area contributed by atoms with Crippen LogP contribution in [0, 0.1) is 5.82 Å². The Morgan fingerprint density at radius 3 is 2.50 bits per heavy atom. The molecule has 1 atom stereocenters. The van der Waals surface area contributed by atoms with Gasteiger partial charge < -0.3 is 4.74 Å². The number of carbonyl (C=O) groups excluding carboxylic acids is 1. The van der Waals surface area contributed by atoms with Crippen LogP contribution in [0.2, 0.25) is 0 Å². The molecule has 1 amide bonds. The largest absolute Gasteiger partial charge is 0.443 e. The number of benzene rings is 2. The predicted octanol–water partition coefficient (Wildman–Crippen LogP) is 2.31. The van der Waals surface area contributed by atoms with Crippen molar-refractivity contribution in [3.05, 3.63) is 66.0 Å². The monoisotopic (exact) mass is 378 g/mol. The quantitative estimate of drug-likeness (QED) is 0.802. The van der Waals surface area contributed by atoms with E-state index in [2.05, 4.69) is 4.72 Å². The summed E-state index contributed by atoms with van der Waals surface area (Å²) in [5.41, 5.74) is 1.44. The zero-order valence-corrected chi connectivity index (χ0v) is 14.8. The van der Waals surface area contributed by atoms with Crippen molar-refractivity contribution in [2.75, 3.05) is 23.7 Å². The Kier molecular flexibility index (Phi) is 5.53. The van der Waals surface area contributed by atoms with Crippen molar-refractivity contribution < 1.29 is 22.3 Å². The number of ether oxygens (including phenoxy) is 1. The Bertz CT molecular complexity index is 857. The zero-order valence-electron chi connectivity index (χ0n) is 14.0. The second kappa shape index (κ2) is 7.84. The molecule has 26 heavy (non-hydrogen) atoms. The van der Waals surface area contributed by atoms with Gasteiger partial charge in [-0.3, -0.25) is 4.90 Å². The number of aryl methyl sites for hydroxylation is 1. The van der Waals surface area contributed by atoms with Gasteiger partial charge in [-0.25, -0.2) is 22.3 Å². The molecule has 1 aliphatic heterocycles. The number of hydrogen-bond donors (Lipinski definition) is 1. The van der Waals surface area contributed by atoms with Gasteiger partial charge in [-0.05, 0) is 36.2 Å². The fraction of sp³-hybridized carbons (Fsp3) is 0.278. The third-order valence-corrected chi connectivity index (χ3v) is 5.39. The molecule has 0 radical (unpaired) electrons. The summed E-state index contributed by atoms with van der Waals surface area (Å²) >= 11 is 0. The lowest BCUT2D eigenvalue weighted by atomic mass is 10.2. The number of carbonyl (C=O) groups is 1. The zero-order chi connectivity index (χ0) is 18.6. The number of sulfonamides is 1. The summed E-state index contributed by atoms with van der Waals surface area (Å²) in [5.74, 6) is -0.441. The lowest BCUT2D eigenvalue weighted by molar-refractivity contribution is 0.143. The molecule has 1 saturated heterocycles.